The molecular formula is C14H17N3O3. The zero-order valence-electron chi connectivity index (χ0n) is 11.1. The second-order valence-corrected chi connectivity index (χ2v) is 5.06. The van der Waals surface area contributed by atoms with Gasteiger partial charge in [-0.15, -0.1) is 0 Å². The van der Waals surface area contributed by atoms with E-state index in [4.69, 9.17) is 4.74 Å². The lowest BCUT2D eigenvalue weighted by Gasteiger charge is -2.30. The molecule has 0 bridgehead atoms. The largest absolute Gasteiger partial charge is 0.482 e. The van der Waals surface area contributed by atoms with Crippen molar-refractivity contribution in [1.29, 1.82) is 0 Å². The van der Waals surface area contributed by atoms with Gasteiger partial charge in [-0.1, -0.05) is 12.1 Å². The van der Waals surface area contributed by atoms with Crippen LogP contribution in [0, 0.1) is 5.92 Å². The fraction of sp³-hybridized carbons (Fsp3) is 0.429. The summed E-state index contributed by atoms with van der Waals surface area (Å²) in [5, 5.41) is 6.02. The fourth-order valence-corrected chi connectivity index (χ4v) is 2.28. The summed E-state index contributed by atoms with van der Waals surface area (Å²) >= 11 is 0. The molecule has 20 heavy (non-hydrogen) atoms. The van der Waals surface area contributed by atoms with Gasteiger partial charge in [0.25, 0.3) is 5.91 Å². The first-order chi connectivity index (χ1) is 9.74. The normalized spacial score (nSPS) is 18.0. The standard InChI is InChI=1S/C14H17N3O3/c18-13(16-7-10-5-15-6-10)8-17-11-3-1-2-4-12(11)20-9-14(17)19/h1-4,10,15H,5-9H2,(H,16,18). The molecule has 2 aliphatic heterocycles. The maximum Gasteiger partial charge on any atom is 0.265 e. The minimum absolute atomic E-state index is 0.0170. The molecule has 0 atom stereocenters. The first-order valence-electron chi connectivity index (χ1n) is 6.73. The van der Waals surface area contributed by atoms with E-state index < -0.39 is 0 Å². The van der Waals surface area contributed by atoms with Crippen molar-refractivity contribution in [2.75, 3.05) is 37.7 Å². The van der Waals surface area contributed by atoms with E-state index in [-0.39, 0.29) is 25.0 Å². The van der Waals surface area contributed by atoms with Crippen molar-refractivity contribution in [3.63, 3.8) is 0 Å². The van der Waals surface area contributed by atoms with Gasteiger partial charge in [0, 0.05) is 25.6 Å². The van der Waals surface area contributed by atoms with E-state index in [2.05, 4.69) is 10.6 Å². The number of nitrogens with zero attached hydrogens (tertiary/aromatic N) is 1. The molecular weight excluding hydrogens is 258 g/mol. The average Bonchev–Trinajstić information content (AvgIpc) is 2.40. The number of amides is 2. The molecule has 1 saturated heterocycles. The van der Waals surface area contributed by atoms with Crippen molar-refractivity contribution >= 4 is 17.5 Å². The lowest BCUT2D eigenvalue weighted by molar-refractivity contribution is -0.125. The first-order valence-corrected chi connectivity index (χ1v) is 6.73. The number of hydrogen-bond donors (Lipinski definition) is 2. The molecule has 1 aromatic carbocycles. The zero-order chi connectivity index (χ0) is 13.9. The third kappa shape index (κ3) is 2.60. The summed E-state index contributed by atoms with van der Waals surface area (Å²) < 4.78 is 5.34. The van der Waals surface area contributed by atoms with Gasteiger partial charge in [-0.2, -0.15) is 0 Å². The Morgan fingerprint density at radius 1 is 1.40 bits per heavy atom. The molecule has 3 rings (SSSR count). The molecule has 0 aromatic heterocycles. The number of ether oxygens (including phenoxy) is 1. The Labute approximate surface area is 117 Å². The Hall–Kier alpha value is -2.08. The summed E-state index contributed by atoms with van der Waals surface area (Å²) in [5.74, 6) is 0.820. The summed E-state index contributed by atoms with van der Waals surface area (Å²) in [4.78, 5) is 25.3. The molecule has 0 saturated carbocycles. The van der Waals surface area contributed by atoms with Gasteiger partial charge in [-0.3, -0.25) is 14.5 Å². The van der Waals surface area contributed by atoms with Crippen molar-refractivity contribution in [3.05, 3.63) is 24.3 Å². The minimum Gasteiger partial charge on any atom is -0.482 e. The molecule has 0 unspecified atom stereocenters. The molecule has 1 fully saturated rings. The number of para-hydroxylation sites is 2. The number of anilines is 1. The van der Waals surface area contributed by atoms with Gasteiger partial charge in [0.05, 0.1) is 5.69 Å². The van der Waals surface area contributed by atoms with Gasteiger partial charge in [-0.25, -0.2) is 0 Å². The Morgan fingerprint density at radius 3 is 2.95 bits per heavy atom. The molecule has 106 valence electrons. The molecule has 0 aliphatic carbocycles. The van der Waals surface area contributed by atoms with Crippen molar-refractivity contribution in [1.82, 2.24) is 10.6 Å². The average molecular weight is 275 g/mol. The van der Waals surface area contributed by atoms with Crippen LogP contribution in [-0.2, 0) is 9.59 Å². The highest BCUT2D eigenvalue weighted by Gasteiger charge is 2.27. The monoisotopic (exact) mass is 275 g/mol. The highest BCUT2D eigenvalue weighted by Crippen LogP contribution is 2.31. The highest BCUT2D eigenvalue weighted by molar-refractivity contribution is 6.02. The van der Waals surface area contributed by atoms with Gasteiger partial charge in [0.15, 0.2) is 6.61 Å². The predicted molar refractivity (Wildman–Crippen MR) is 73.7 cm³/mol. The second kappa shape index (κ2) is 5.50. The maximum absolute atomic E-state index is 11.9. The van der Waals surface area contributed by atoms with E-state index in [0.717, 1.165) is 13.1 Å². The molecule has 2 heterocycles. The quantitative estimate of drug-likeness (QED) is 0.795. The van der Waals surface area contributed by atoms with Crippen LogP contribution in [0.2, 0.25) is 0 Å². The fourth-order valence-electron chi connectivity index (χ4n) is 2.28. The number of rotatable bonds is 4. The minimum atomic E-state index is -0.191. The number of hydrogen-bond acceptors (Lipinski definition) is 4. The summed E-state index contributed by atoms with van der Waals surface area (Å²) in [6, 6.07) is 7.25. The van der Waals surface area contributed by atoms with Crippen molar-refractivity contribution in [2.24, 2.45) is 5.92 Å². The molecule has 2 N–H and O–H groups in total. The number of carbonyl (C=O) groups excluding carboxylic acids is 2. The Bertz CT molecular complexity index is 528. The SMILES string of the molecule is O=C(CN1C(=O)COc2ccccc21)NCC1CNC1. The zero-order valence-corrected chi connectivity index (χ0v) is 11.1. The Balaban J connectivity index is 1.63. The Morgan fingerprint density at radius 2 is 2.20 bits per heavy atom. The smallest absolute Gasteiger partial charge is 0.265 e. The van der Waals surface area contributed by atoms with Gasteiger partial charge in [-0.05, 0) is 12.1 Å². The van der Waals surface area contributed by atoms with Gasteiger partial charge in [0.2, 0.25) is 5.91 Å². The molecule has 0 radical (unpaired) electrons. The topological polar surface area (TPSA) is 70.7 Å². The summed E-state index contributed by atoms with van der Waals surface area (Å²) in [6.45, 7) is 2.57. The van der Waals surface area contributed by atoms with Gasteiger partial charge < -0.3 is 15.4 Å². The van der Waals surface area contributed by atoms with Crippen LogP contribution >= 0.6 is 0 Å². The van der Waals surface area contributed by atoms with Crippen LogP contribution in [0.3, 0.4) is 0 Å². The van der Waals surface area contributed by atoms with Gasteiger partial charge in [0.1, 0.15) is 12.3 Å². The third-order valence-electron chi connectivity index (χ3n) is 3.56. The van der Waals surface area contributed by atoms with E-state index in [1.165, 1.54) is 4.90 Å². The van der Waals surface area contributed by atoms with Crippen molar-refractivity contribution in [3.8, 4) is 5.75 Å². The second-order valence-electron chi connectivity index (χ2n) is 5.06. The number of carbonyl (C=O) groups is 2. The van der Waals surface area contributed by atoms with Crippen molar-refractivity contribution in [2.45, 2.75) is 0 Å². The molecule has 0 spiro atoms. The van der Waals surface area contributed by atoms with Crippen LogP contribution in [0.4, 0.5) is 5.69 Å². The molecule has 6 nitrogen and oxygen atoms in total. The van der Waals surface area contributed by atoms with Crippen LogP contribution in [-0.4, -0.2) is 44.6 Å². The maximum atomic E-state index is 11.9. The van der Waals surface area contributed by atoms with E-state index in [9.17, 15) is 9.59 Å². The predicted octanol–water partition coefficient (Wildman–Crippen LogP) is -0.252. The third-order valence-corrected chi connectivity index (χ3v) is 3.56. The van der Waals surface area contributed by atoms with Crippen LogP contribution in [0.1, 0.15) is 0 Å². The molecule has 6 heteroatoms. The van der Waals surface area contributed by atoms with Crippen LogP contribution in [0.5, 0.6) is 5.75 Å². The number of benzene rings is 1. The van der Waals surface area contributed by atoms with Crippen LogP contribution in [0.15, 0.2) is 24.3 Å². The summed E-state index contributed by atoms with van der Waals surface area (Å²) in [5.41, 5.74) is 0.657. The highest BCUT2D eigenvalue weighted by atomic mass is 16.5. The van der Waals surface area contributed by atoms with E-state index in [1.54, 1.807) is 12.1 Å². The number of nitrogens with one attached hydrogen (secondary N) is 2. The Kier molecular flexibility index (Phi) is 3.56. The number of fused-ring (bicyclic) bond motifs is 1. The molecule has 2 amide bonds. The summed E-state index contributed by atoms with van der Waals surface area (Å²) in [6.07, 6.45) is 0. The van der Waals surface area contributed by atoms with Gasteiger partial charge >= 0.3 is 0 Å². The van der Waals surface area contributed by atoms with Crippen LogP contribution < -0.4 is 20.3 Å². The van der Waals surface area contributed by atoms with E-state index >= 15 is 0 Å². The summed E-state index contributed by atoms with van der Waals surface area (Å²) in [7, 11) is 0. The molecule has 1 aromatic rings. The van der Waals surface area contributed by atoms with E-state index in [1.807, 2.05) is 12.1 Å². The lowest BCUT2D eigenvalue weighted by atomic mass is 10.0. The lowest BCUT2D eigenvalue weighted by Crippen LogP contribution is -2.50. The van der Waals surface area contributed by atoms with E-state index in [0.29, 0.717) is 23.9 Å². The molecule has 2 aliphatic rings. The van der Waals surface area contributed by atoms with Crippen LogP contribution in [0.25, 0.3) is 0 Å². The van der Waals surface area contributed by atoms with Crippen molar-refractivity contribution < 1.29 is 14.3 Å². The first kappa shape index (κ1) is 12.9.